The van der Waals surface area contributed by atoms with E-state index in [1.165, 1.54) is 0 Å². The van der Waals surface area contributed by atoms with Crippen molar-refractivity contribution in [3.05, 3.63) is 33.3 Å². The zero-order chi connectivity index (χ0) is 10.8. The Kier molecular flexibility index (Phi) is 3.67. The number of benzene rings is 1. The lowest BCUT2D eigenvalue weighted by Crippen LogP contribution is -2.21. The highest BCUT2D eigenvalue weighted by atomic mass is 79.9. The van der Waals surface area contributed by atoms with E-state index >= 15 is 0 Å². The van der Waals surface area contributed by atoms with Crippen LogP contribution >= 0.6 is 27.5 Å². The molecule has 0 amide bonds. The van der Waals surface area contributed by atoms with Crippen LogP contribution in [0, 0.1) is 5.92 Å². The molecular weight excluding hydrogens is 277 g/mol. The third kappa shape index (κ3) is 2.53. The van der Waals surface area contributed by atoms with E-state index in [1.54, 1.807) is 0 Å². The normalized spacial score (nSPS) is 23.0. The van der Waals surface area contributed by atoms with Crippen molar-refractivity contribution in [2.75, 3.05) is 13.2 Å². The first kappa shape index (κ1) is 11.4. The predicted molar refractivity (Wildman–Crippen MR) is 65.0 cm³/mol. The first-order chi connectivity index (χ1) is 7.18. The summed E-state index contributed by atoms with van der Waals surface area (Å²) in [6, 6.07) is 5.81. The number of hydrogen-bond donors (Lipinski definition) is 1. The van der Waals surface area contributed by atoms with Gasteiger partial charge in [-0.05, 0) is 24.1 Å². The van der Waals surface area contributed by atoms with Crippen molar-refractivity contribution in [3.63, 3.8) is 0 Å². The smallest absolute Gasteiger partial charge is 0.0513 e. The maximum Gasteiger partial charge on any atom is 0.0513 e. The number of rotatable bonds is 2. The van der Waals surface area contributed by atoms with Crippen molar-refractivity contribution in [2.45, 2.75) is 12.5 Å². The van der Waals surface area contributed by atoms with E-state index in [0.717, 1.165) is 34.7 Å². The van der Waals surface area contributed by atoms with Crippen molar-refractivity contribution in [2.24, 2.45) is 11.7 Å². The van der Waals surface area contributed by atoms with E-state index in [9.17, 15) is 0 Å². The second-order valence-corrected chi connectivity index (χ2v) is 5.14. The Hall–Kier alpha value is -0.0900. The predicted octanol–water partition coefficient (Wildman–Crippen LogP) is 3.14. The van der Waals surface area contributed by atoms with Crippen LogP contribution in [-0.2, 0) is 4.74 Å². The summed E-state index contributed by atoms with van der Waals surface area (Å²) in [6.07, 6.45) is 1.02. The Morgan fingerprint density at radius 2 is 2.33 bits per heavy atom. The molecule has 2 rings (SSSR count). The zero-order valence-electron chi connectivity index (χ0n) is 8.25. The lowest BCUT2D eigenvalue weighted by Gasteiger charge is -2.19. The summed E-state index contributed by atoms with van der Waals surface area (Å²) in [5, 5.41) is 0.726. The lowest BCUT2D eigenvalue weighted by atomic mass is 9.93. The fraction of sp³-hybridized carbons (Fsp3) is 0.455. The molecule has 0 aromatic heterocycles. The molecule has 0 aliphatic carbocycles. The third-order valence-electron chi connectivity index (χ3n) is 2.79. The summed E-state index contributed by atoms with van der Waals surface area (Å²) in [4.78, 5) is 0. The first-order valence-electron chi connectivity index (χ1n) is 4.97. The highest BCUT2D eigenvalue weighted by Gasteiger charge is 2.25. The van der Waals surface area contributed by atoms with E-state index in [4.69, 9.17) is 22.1 Å². The van der Waals surface area contributed by atoms with Crippen LogP contribution in [0.3, 0.4) is 0 Å². The average Bonchev–Trinajstić information content (AvgIpc) is 2.69. The molecule has 82 valence electrons. The maximum absolute atomic E-state index is 6.17. The summed E-state index contributed by atoms with van der Waals surface area (Å²) >= 11 is 9.53. The molecule has 0 bridgehead atoms. The zero-order valence-corrected chi connectivity index (χ0v) is 10.6. The van der Waals surface area contributed by atoms with Gasteiger partial charge in [0.1, 0.15) is 0 Å². The van der Waals surface area contributed by atoms with Gasteiger partial charge in [-0.15, -0.1) is 0 Å². The first-order valence-corrected chi connectivity index (χ1v) is 6.14. The SMILES string of the molecule is NC(c1ccc(Br)cc1Cl)C1CCOC1. The Bertz CT molecular complexity index is 352. The highest BCUT2D eigenvalue weighted by molar-refractivity contribution is 9.10. The second kappa shape index (κ2) is 4.83. The Morgan fingerprint density at radius 3 is 2.93 bits per heavy atom. The van der Waals surface area contributed by atoms with E-state index in [1.807, 2.05) is 18.2 Å². The molecule has 2 unspecified atom stereocenters. The van der Waals surface area contributed by atoms with Crippen LogP contribution in [0.25, 0.3) is 0 Å². The number of hydrogen-bond acceptors (Lipinski definition) is 2. The molecule has 1 aliphatic rings. The van der Waals surface area contributed by atoms with Gasteiger partial charge in [0.05, 0.1) is 6.61 Å². The van der Waals surface area contributed by atoms with Crippen molar-refractivity contribution in [3.8, 4) is 0 Å². The number of nitrogens with two attached hydrogens (primary N) is 1. The van der Waals surface area contributed by atoms with Gasteiger partial charge in [0.2, 0.25) is 0 Å². The average molecular weight is 291 g/mol. The Balaban J connectivity index is 2.20. The van der Waals surface area contributed by atoms with Gasteiger partial charge >= 0.3 is 0 Å². The monoisotopic (exact) mass is 289 g/mol. The summed E-state index contributed by atoms with van der Waals surface area (Å²) in [7, 11) is 0. The standard InChI is InChI=1S/C11H13BrClNO/c12-8-1-2-9(10(13)5-8)11(14)7-3-4-15-6-7/h1-2,5,7,11H,3-4,6,14H2. The maximum atomic E-state index is 6.17. The van der Waals surface area contributed by atoms with Crippen molar-refractivity contribution in [1.82, 2.24) is 0 Å². The largest absolute Gasteiger partial charge is 0.381 e. The van der Waals surface area contributed by atoms with Crippen LogP contribution in [0.4, 0.5) is 0 Å². The molecule has 4 heteroatoms. The molecule has 0 saturated carbocycles. The molecule has 1 fully saturated rings. The van der Waals surface area contributed by atoms with Gasteiger partial charge in [-0.2, -0.15) is 0 Å². The number of ether oxygens (including phenoxy) is 1. The highest BCUT2D eigenvalue weighted by Crippen LogP contribution is 2.32. The molecule has 15 heavy (non-hydrogen) atoms. The van der Waals surface area contributed by atoms with Gasteiger partial charge in [-0.1, -0.05) is 33.6 Å². The van der Waals surface area contributed by atoms with Gasteiger partial charge in [0.25, 0.3) is 0 Å². The summed E-state index contributed by atoms with van der Waals surface area (Å²) in [6.45, 7) is 1.56. The summed E-state index contributed by atoms with van der Waals surface area (Å²) < 4.78 is 6.31. The fourth-order valence-corrected chi connectivity index (χ4v) is 2.66. The minimum Gasteiger partial charge on any atom is -0.381 e. The van der Waals surface area contributed by atoms with Crippen molar-refractivity contribution < 1.29 is 4.74 Å². The Morgan fingerprint density at radius 1 is 1.53 bits per heavy atom. The van der Waals surface area contributed by atoms with Crippen LogP contribution in [-0.4, -0.2) is 13.2 Å². The van der Waals surface area contributed by atoms with E-state index in [2.05, 4.69) is 15.9 Å². The topological polar surface area (TPSA) is 35.2 Å². The fourth-order valence-electron chi connectivity index (χ4n) is 1.86. The molecule has 1 aromatic rings. The van der Waals surface area contributed by atoms with Gasteiger partial charge in [-0.25, -0.2) is 0 Å². The van der Waals surface area contributed by atoms with Gasteiger partial charge in [0, 0.05) is 28.1 Å². The van der Waals surface area contributed by atoms with Gasteiger partial charge < -0.3 is 10.5 Å². The minimum absolute atomic E-state index is 0.0203. The van der Waals surface area contributed by atoms with Gasteiger partial charge in [-0.3, -0.25) is 0 Å². The molecule has 1 saturated heterocycles. The number of halogens is 2. The summed E-state index contributed by atoms with van der Waals surface area (Å²) in [5.74, 6) is 0.392. The molecular formula is C11H13BrClNO. The minimum atomic E-state index is -0.0203. The van der Waals surface area contributed by atoms with Crippen LogP contribution < -0.4 is 5.73 Å². The summed E-state index contributed by atoms with van der Waals surface area (Å²) in [5.41, 5.74) is 7.18. The van der Waals surface area contributed by atoms with Crippen LogP contribution in [0.15, 0.2) is 22.7 Å². The van der Waals surface area contributed by atoms with Crippen LogP contribution in [0.1, 0.15) is 18.0 Å². The quantitative estimate of drug-likeness (QED) is 0.908. The molecule has 1 aromatic carbocycles. The van der Waals surface area contributed by atoms with Crippen molar-refractivity contribution in [1.29, 1.82) is 0 Å². The van der Waals surface area contributed by atoms with Crippen LogP contribution in [0.5, 0.6) is 0 Å². The second-order valence-electron chi connectivity index (χ2n) is 3.82. The van der Waals surface area contributed by atoms with E-state index < -0.39 is 0 Å². The van der Waals surface area contributed by atoms with Crippen molar-refractivity contribution >= 4 is 27.5 Å². The lowest BCUT2D eigenvalue weighted by molar-refractivity contribution is 0.181. The Labute approximate surface area is 103 Å². The van der Waals surface area contributed by atoms with E-state index in [-0.39, 0.29) is 6.04 Å². The molecule has 0 radical (unpaired) electrons. The molecule has 1 aliphatic heterocycles. The third-order valence-corrected chi connectivity index (χ3v) is 3.61. The van der Waals surface area contributed by atoms with E-state index in [0.29, 0.717) is 5.92 Å². The van der Waals surface area contributed by atoms with Gasteiger partial charge in [0.15, 0.2) is 0 Å². The molecule has 2 atom stereocenters. The molecule has 2 nitrogen and oxygen atoms in total. The van der Waals surface area contributed by atoms with Crippen LogP contribution in [0.2, 0.25) is 5.02 Å². The molecule has 1 heterocycles. The molecule has 2 N–H and O–H groups in total. The molecule has 0 spiro atoms.